The number of rotatable bonds is 2. The normalized spacial score (nSPS) is 34.2. The Kier molecular flexibility index (Phi) is 1.35. The summed E-state index contributed by atoms with van der Waals surface area (Å²) >= 11 is 0. The van der Waals surface area contributed by atoms with E-state index in [1.165, 1.54) is 0 Å². The van der Waals surface area contributed by atoms with Gasteiger partial charge in [-0.05, 0) is 12.3 Å². The van der Waals surface area contributed by atoms with Crippen molar-refractivity contribution in [2.24, 2.45) is 11.3 Å². The smallest absolute Gasteiger partial charge is 0.303 e. The van der Waals surface area contributed by atoms with E-state index in [0.29, 0.717) is 0 Å². The molecule has 1 saturated heterocycles. The van der Waals surface area contributed by atoms with E-state index < -0.39 is 15.8 Å². The van der Waals surface area contributed by atoms with Gasteiger partial charge in [0.25, 0.3) is 0 Å². The number of aliphatic carboxylic acids is 1. The molecule has 1 atom stereocenters. The number of sulfone groups is 1. The van der Waals surface area contributed by atoms with Gasteiger partial charge in [0.2, 0.25) is 0 Å². The lowest BCUT2D eigenvalue weighted by atomic mass is 10.1. The molecule has 2 aliphatic rings. The Bertz CT molecular complexity index is 317. The zero-order chi connectivity index (χ0) is 8.98. The van der Waals surface area contributed by atoms with E-state index in [0.717, 1.165) is 6.42 Å². The van der Waals surface area contributed by atoms with Gasteiger partial charge in [0.15, 0.2) is 9.84 Å². The number of carbonyl (C=O) groups is 1. The highest BCUT2D eigenvalue weighted by atomic mass is 32.2. The van der Waals surface area contributed by atoms with Gasteiger partial charge in [0, 0.05) is 11.8 Å². The second-order valence-corrected chi connectivity index (χ2v) is 5.96. The van der Waals surface area contributed by atoms with Crippen molar-refractivity contribution in [1.29, 1.82) is 0 Å². The van der Waals surface area contributed by atoms with E-state index in [4.69, 9.17) is 5.11 Å². The predicted molar refractivity (Wildman–Crippen MR) is 41.4 cm³/mol. The highest BCUT2D eigenvalue weighted by molar-refractivity contribution is 7.92. The van der Waals surface area contributed by atoms with Crippen LogP contribution in [0.5, 0.6) is 0 Å². The zero-order valence-corrected chi connectivity index (χ0v) is 7.30. The first kappa shape index (κ1) is 8.04. The van der Waals surface area contributed by atoms with E-state index in [9.17, 15) is 13.2 Å². The molecule has 0 bridgehead atoms. The lowest BCUT2D eigenvalue weighted by Crippen LogP contribution is -2.39. The molecular formula is C7H10O4S. The van der Waals surface area contributed by atoms with Crippen molar-refractivity contribution in [3.05, 3.63) is 0 Å². The molecule has 1 aliphatic heterocycles. The highest BCUT2D eigenvalue weighted by Gasteiger charge is 2.64. The van der Waals surface area contributed by atoms with Crippen molar-refractivity contribution in [3.8, 4) is 0 Å². The van der Waals surface area contributed by atoms with Gasteiger partial charge in [-0.25, -0.2) is 8.42 Å². The van der Waals surface area contributed by atoms with Gasteiger partial charge in [-0.1, -0.05) is 0 Å². The van der Waals surface area contributed by atoms with Crippen LogP contribution in [0, 0.1) is 11.3 Å². The average Bonchev–Trinajstić information content (AvgIpc) is 2.36. The summed E-state index contributed by atoms with van der Waals surface area (Å²) in [6.07, 6.45) is 0.925. The van der Waals surface area contributed by atoms with E-state index in [2.05, 4.69) is 0 Å². The predicted octanol–water partition coefficient (Wildman–Crippen LogP) is -0.104. The van der Waals surface area contributed by atoms with Gasteiger partial charge in [0.1, 0.15) is 0 Å². The third-order valence-corrected chi connectivity index (χ3v) is 4.82. The third kappa shape index (κ3) is 1.12. The van der Waals surface area contributed by atoms with E-state index in [1.807, 2.05) is 0 Å². The lowest BCUT2D eigenvalue weighted by molar-refractivity contribution is -0.137. The Labute approximate surface area is 70.5 Å². The Balaban J connectivity index is 1.93. The second kappa shape index (κ2) is 2.02. The Morgan fingerprint density at radius 3 is 2.50 bits per heavy atom. The summed E-state index contributed by atoms with van der Waals surface area (Å²) in [5.74, 6) is -0.254. The maximum absolute atomic E-state index is 10.8. The SMILES string of the molecule is O=C(O)CC1CC12CS(=O)(=O)C2. The van der Waals surface area contributed by atoms with E-state index in [1.54, 1.807) is 0 Å². The van der Waals surface area contributed by atoms with Crippen LogP contribution in [-0.2, 0) is 14.6 Å². The molecule has 12 heavy (non-hydrogen) atoms. The molecule has 1 N–H and O–H groups in total. The van der Waals surface area contributed by atoms with Crippen molar-refractivity contribution in [3.63, 3.8) is 0 Å². The van der Waals surface area contributed by atoms with Crippen molar-refractivity contribution >= 4 is 15.8 Å². The fourth-order valence-corrected chi connectivity index (χ4v) is 4.49. The van der Waals surface area contributed by atoms with Crippen molar-refractivity contribution in [1.82, 2.24) is 0 Å². The van der Waals surface area contributed by atoms with Crippen molar-refractivity contribution in [2.45, 2.75) is 12.8 Å². The molecule has 1 saturated carbocycles. The number of hydrogen-bond acceptors (Lipinski definition) is 3. The van der Waals surface area contributed by atoms with E-state index in [-0.39, 0.29) is 29.3 Å². The number of carboxylic acid groups (broad SMARTS) is 1. The first-order chi connectivity index (χ1) is 5.44. The van der Waals surface area contributed by atoms with E-state index >= 15 is 0 Å². The summed E-state index contributed by atoms with van der Waals surface area (Å²) in [6, 6.07) is 0. The maximum Gasteiger partial charge on any atom is 0.303 e. The van der Waals surface area contributed by atoms with Crippen LogP contribution in [0.2, 0.25) is 0 Å². The maximum atomic E-state index is 10.8. The van der Waals surface area contributed by atoms with Crippen LogP contribution >= 0.6 is 0 Å². The van der Waals surface area contributed by atoms with Gasteiger partial charge in [-0.3, -0.25) is 4.79 Å². The molecule has 1 unspecified atom stereocenters. The first-order valence-electron chi connectivity index (χ1n) is 3.86. The van der Waals surface area contributed by atoms with Crippen LogP contribution in [0.1, 0.15) is 12.8 Å². The van der Waals surface area contributed by atoms with Gasteiger partial charge in [-0.2, -0.15) is 0 Å². The summed E-state index contributed by atoms with van der Waals surface area (Å²) in [7, 11) is -2.79. The largest absolute Gasteiger partial charge is 0.481 e. The fourth-order valence-electron chi connectivity index (χ4n) is 2.12. The summed E-state index contributed by atoms with van der Waals surface area (Å²) < 4.78 is 21.7. The second-order valence-electron chi connectivity index (χ2n) is 3.89. The first-order valence-corrected chi connectivity index (χ1v) is 5.68. The average molecular weight is 190 g/mol. The van der Waals surface area contributed by atoms with Crippen LogP contribution in [0.15, 0.2) is 0 Å². The van der Waals surface area contributed by atoms with Gasteiger partial charge < -0.3 is 5.11 Å². The quantitative estimate of drug-likeness (QED) is 0.659. The Hall–Kier alpha value is -0.580. The monoisotopic (exact) mass is 190 g/mol. The Morgan fingerprint density at radius 2 is 2.08 bits per heavy atom. The molecule has 2 rings (SSSR count). The van der Waals surface area contributed by atoms with Crippen LogP contribution < -0.4 is 0 Å². The molecule has 0 amide bonds. The van der Waals surface area contributed by atoms with Gasteiger partial charge >= 0.3 is 5.97 Å². The van der Waals surface area contributed by atoms with Crippen LogP contribution in [-0.4, -0.2) is 31.0 Å². The minimum atomic E-state index is -2.79. The lowest BCUT2D eigenvalue weighted by Gasteiger charge is -2.26. The highest BCUT2D eigenvalue weighted by Crippen LogP contribution is 2.61. The van der Waals surface area contributed by atoms with Gasteiger partial charge in [-0.15, -0.1) is 0 Å². The summed E-state index contributed by atoms with van der Waals surface area (Å²) in [6.45, 7) is 0. The molecule has 1 spiro atoms. The summed E-state index contributed by atoms with van der Waals surface area (Å²) in [5.41, 5.74) is -0.114. The Morgan fingerprint density at radius 1 is 1.50 bits per heavy atom. The molecule has 1 aliphatic carbocycles. The van der Waals surface area contributed by atoms with Crippen LogP contribution in [0.25, 0.3) is 0 Å². The minimum absolute atomic E-state index is 0.114. The number of hydrogen-bond donors (Lipinski definition) is 1. The molecule has 0 radical (unpaired) electrons. The summed E-state index contributed by atoms with van der Waals surface area (Å²) in [4.78, 5) is 10.3. The topological polar surface area (TPSA) is 71.4 Å². The molecule has 0 aromatic carbocycles. The fraction of sp³-hybridized carbons (Fsp3) is 0.857. The minimum Gasteiger partial charge on any atom is -0.481 e. The molecule has 0 aromatic heterocycles. The molecule has 4 nitrogen and oxygen atoms in total. The molecule has 1 heterocycles. The standard InChI is InChI=1S/C7H10O4S/c8-6(9)1-5-2-7(5)3-12(10,11)4-7/h5H,1-4H2,(H,8,9). The molecule has 5 heteroatoms. The molecule has 0 aromatic rings. The summed E-state index contributed by atoms with van der Waals surface area (Å²) in [5, 5.41) is 8.46. The van der Waals surface area contributed by atoms with Crippen molar-refractivity contribution in [2.75, 3.05) is 11.5 Å². The third-order valence-electron chi connectivity index (χ3n) is 2.79. The molecule has 2 fully saturated rings. The zero-order valence-electron chi connectivity index (χ0n) is 6.49. The molecular weight excluding hydrogens is 180 g/mol. The van der Waals surface area contributed by atoms with Crippen LogP contribution in [0.3, 0.4) is 0 Å². The molecule has 68 valence electrons. The number of carboxylic acids is 1. The van der Waals surface area contributed by atoms with Crippen molar-refractivity contribution < 1.29 is 18.3 Å². The van der Waals surface area contributed by atoms with Crippen LogP contribution in [0.4, 0.5) is 0 Å². The van der Waals surface area contributed by atoms with Gasteiger partial charge in [0.05, 0.1) is 11.5 Å².